The van der Waals surface area contributed by atoms with Crippen LogP contribution in [0.15, 0.2) is 85.5 Å². The van der Waals surface area contributed by atoms with Crippen molar-refractivity contribution in [2.24, 2.45) is 0 Å². The number of aromatic amines is 1. The van der Waals surface area contributed by atoms with Gasteiger partial charge in [-0.1, -0.05) is 54.6 Å². The maximum absolute atomic E-state index is 13.0. The molecule has 0 aliphatic rings. The molecule has 5 rings (SSSR count). The molecule has 0 fully saturated rings. The van der Waals surface area contributed by atoms with Gasteiger partial charge in [-0.2, -0.15) is 5.10 Å². The Morgan fingerprint density at radius 2 is 1.86 bits per heavy atom. The molecule has 2 aromatic carbocycles. The summed E-state index contributed by atoms with van der Waals surface area (Å²) < 4.78 is 6.92. The molecule has 3 aromatic heterocycles. The van der Waals surface area contributed by atoms with Crippen LogP contribution in [-0.2, 0) is 17.8 Å². The van der Waals surface area contributed by atoms with Crippen LogP contribution in [0.4, 0.5) is 5.69 Å². The predicted molar refractivity (Wildman–Crippen MR) is 145 cm³/mol. The van der Waals surface area contributed by atoms with Crippen molar-refractivity contribution in [1.29, 1.82) is 0 Å². The molecule has 2 N–H and O–H groups in total. The Hall–Kier alpha value is -4.27. The van der Waals surface area contributed by atoms with Crippen LogP contribution >= 0.6 is 0 Å². The van der Waals surface area contributed by atoms with Gasteiger partial charge in [0.25, 0.3) is 5.91 Å². The third-order valence-corrected chi connectivity index (χ3v) is 6.28. The monoisotopic (exact) mass is 494 g/mol. The Balaban J connectivity index is 1.29. The summed E-state index contributed by atoms with van der Waals surface area (Å²) in [6.45, 7) is 3.06. The lowest BCUT2D eigenvalue weighted by molar-refractivity contribution is 0.102. The van der Waals surface area contributed by atoms with Gasteiger partial charge in [-0.25, -0.2) is 4.98 Å². The van der Waals surface area contributed by atoms with E-state index in [4.69, 9.17) is 4.74 Å². The van der Waals surface area contributed by atoms with E-state index < -0.39 is 0 Å². The first-order valence-electron chi connectivity index (χ1n) is 12.2. The van der Waals surface area contributed by atoms with Crippen molar-refractivity contribution in [3.63, 3.8) is 0 Å². The van der Waals surface area contributed by atoms with Crippen LogP contribution in [0.2, 0.25) is 0 Å². The summed E-state index contributed by atoms with van der Waals surface area (Å²) >= 11 is 0. The fourth-order valence-corrected chi connectivity index (χ4v) is 4.24. The van der Waals surface area contributed by atoms with Crippen LogP contribution < -0.4 is 5.32 Å². The van der Waals surface area contributed by atoms with Gasteiger partial charge in [0, 0.05) is 49.7 Å². The second-order valence-corrected chi connectivity index (χ2v) is 9.12. The Morgan fingerprint density at radius 1 is 1.05 bits per heavy atom. The number of nitrogens with zero attached hydrogens (tertiary/aromatic N) is 4. The summed E-state index contributed by atoms with van der Waals surface area (Å²) in [5.41, 5.74) is 6.31. The number of nitrogens with one attached hydrogen (secondary N) is 2. The van der Waals surface area contributed by atoms with Crippen molar-refractivity contribution >= 4 is 22.6 Å². The number of rotatable bonds is 10. The molecule has 0 saturated carbocycles. The number of ether oxygens (including phenoxy) is 1. The van der Waals surface area contributed by atoms with Crippen LogP contribution in [0.3, 0.4) is 0 Å². The highest BCUT2D eigenvalue weighted by Crippen LogP contribution is 2.28. The number of anilines is 1. The third-order valence-electron chi connectivity index (χ3n) is 6.28. The fourth-order valence-electron chi connectivity index (χ4n) is 4.24. The van der Waals surface area contributed by atoms with Gasteiger partial charge in [0.05, 0.1) is 30.6 Å². The number of hydrogen-bond donors (Lipinski definition) is 2. The molecule has 0 saturated heterocycles. The van der Waals surface area contributed by atoms with E-state index in [9.17, 15) is 4.79 Å². The summed E-state index contributed by atoms with van der Waals surface area (Å²) in [6, 6.07) is 20.6. The lowest BCUT2D eigenvalue weighted by atomic mass is 10.0. The van der Waals surface area contributed by atoms with Crippen LogP contribution in [0.25, 0.3) is 22.2 Å². The van der Waals surface area contributed by atoms with Crippen molar-refractivity contribution in [3.05, 3.63) is 102 Å². The van der Waals surface area contributed by atoms with Crippen molar-refractivity contribution in [2.45, 2.75) is 13.1 Å². The topological polar surface area (TPSA) is 88.1 Å². The van der Waals surface area contributed by atoms with Gasteiger partial charge in [0.15, 0.2) is 0 Å². The molecule has 1 amide bonds. The molecule has 37 heavy (non-hydrogen) atoms. The number of carbonyl (C=O) groups is 1. The highest BCUT2D eigenvalue weighted by Gasteiger charge is 2.14. The predicted octanol–water partition coefficient (Wildman–Crippen LogP) is 4.81. The van der Waals surface area contributed by atoms with Crippen LogP contribution in [0, 0.1) is 0 Å². The van der Waals surface area contributed by atoms with E-state index in [2.05, 4.69) is 56.6 Å². The van der Waals surface area contributed by atoms with Crippen molar-refractivity contribution in [3.8, 4) is 11.1 Å². The molecule has 8 nitrogen and oxygen atoms in total. The van der Waals surface area contributed by atoms with Crippen molar-refractivity contribution < 1.29 is 9.53 Å². The Bertz CT molecular complexity index is 1470. The average Bonchev–Trinajstić information content (AvgIpc) is 3.55. The minimum absolute atomic E-state index is 0.215. The van der Waals surface area contributed by atoms with E-state index >= 15 is 0 Å². The molecule has 0 unspecified atom stereocenters. The summed E-state index contributed by atoms with van der Waals surface area (Å²) in [7, 11) is 3.80. The van der Waals surface area contributed by atoms with E-state index in [-0.39, 0.29) is 5.91 Å². The smallest absolute Gasteiger partial charge is 0.258 e. The van der Waals surface area contributed by atoms with Crippen molar-refractivity contribution in [2.75, 3.05) is 32.6 Å². The second kappa shape index (κ2) is 11.2. The standard InChI is InChI=1S/C29H30N6O2/c1-34(12-13-37-2)18-22-8-10-23(11-9-22)24-14-26-27(17-31-28(26)30-15-24)33-29(36)25-16-32-35(20-25)19-21-6-4-3-5-7-21/h3-11,14-17,20H,12-13,18-19H2,1-2H3,(H,30,31)(H,33,36). The number of fused-ring (bicyclic) bond motifs is 1. The molecule has 5 aromatic rings. The van der Waals surface area contributed by atoms with Crippen LogP contribution in [0.1, 0.15) is 21.5 Å². The largest absolute Gasteiger partial charge is 0.383 e. The first-order valence-corrected chi connectivity index (χ1v) is 12.2. The average molecular weight is 495 g/mol. The van der Waals surface area contributed by atoms with Gasteiger partial charge in [0.1, 0.15) is 5.65 Å². The second-order valence-electron chi connectivity index (χ2n) is 9.12. The zero-order valence-electron chi connectivity index (χ0n) is 21.0. The zero-order valence-corrected chi connectivity index (χ0v) is 21.0. The molecule has 0 aliphatic carbocycles. The highest BCUT2D eigenvalue weighted by molar-refractivity contribution is 6.08. The summed E-state index contributed by atoms with van der Waals surface area (Å²) in [6.07, 6.45) is 6.96. The van der Waals surface area contributed by atoms with Gasteiger partial charge < -0.3 is 15.0 Å². The molecular formula is C29H30N6O2. The number of H-pyrrole nitrogens is 1. The van der Waals surface area contributed by atoms with Gasteiger partial charge in [-0.05, 0) is 29.8 Å². The number of hydrogen-bond acceptors (Lipinski definition) is 5. The number of likely N-dealkylation sites (N-methyl/N-ethyl adjacent to an activating group) is 1. The normalized spacial score (nSPS) is 11.3. The number of pyridine rings is 1. The minimum atomic E-state index is -0.215. The zero-order chi connectivity index (χ0) is 25.6. The lowest BCUT2D eigenvalue weighted by Crippen LogP contribution is -2.22. The molecule has 0 aliphatic heterocycles. The van der Waals surface area contributed by atoms with Crippen LogP contribution in [0.5, 0.6) is 0 Å². The molecule has 188 valence electrons. The summed E-state index contributed by atoms with van der Waals surface area (Å²) in [5.74, 6) is -0.215. The first kappa shape index (κ1) is 24.4. The number of carbonyl (C=O) groups excluding carboxylic acids is 1. The van der Waals surface area contributed by atoms with E-state index in [1.165, 1.54) is 5.56 Å². The SMILES string of the molecule is COCCN(C)Cc1ccc(-c2cnc3[nH]cc(NC(=O)c4cnn(Cc5ccccc5)c4)c3c2)cc1. The summed E-state index contributed by atoms with van der Waals surface area (Å²) in [5, 5.41) is 8.20. The maximum Gasteiger partial charge on any atom is 0.258 e. The van der Waals surface area contributed by atoms with E-state index in [0.29, 0.717) is 24.4 Å². The number of amides is 1. The van der Waals surface area contributed by atoms with E-state index in [1.54, 1.807) is 30.4 Å². The molecule has 0 atom stereocenters. The number of aromatic nitrogens is 4. The maximum atomic E-state index is 13.0. The molecular weight excluding hydrogens is 464 g/mol. The Kier molecular flexibility index (Phi) is 7.39. The molecule has 0 bridgehead atoms. The molecule has 0 radical (unpaired) electrons. The van der Waals surface area contributed by atoms with Gasteiger partial charge in [-0.15, -0.1) is 0 Å². The molecule has 0 spiro atoms. The first-order chi connectivity index (χ1) is 18.1. The van der Waals surface area contributed by atoms with Gasteiger partial charge >= 0.3 is 0 Å². The number of benzene rings is 2. The summed E-state index contributed by atoms with van der Waals surface area (Å²) in [4.78, 5) is 22.9. The molecule has 8 heteroatoms. The molecule has 3 heterocycles. The third kappa shape index (κ3) is 5.94. The van der Waals surface area contributed by atoms with Gasteiger partial charge in [-0.3, -0.25) is 14.4 Å². The highest BCUT2D eigenvalue weighted by atomic mass is 16.5. The lowest BCUT2D eigenvalue weighted by Gasteiger charge is -2.16. The van der Waals surface area contributed by atoms with Crippen molar-refractivity contribution in [1.82, 2.24) is 24.6 Å². The van der Waals surface area contributed by atoms with E-state index in [0.717, 1.165) is 40.8 Å². The quantitative estimate of drug-likeness (QED) is 0.291. The van der Waals surface area contributed by atoms with E-state index in [1.807, 2.05) is 42.6 Å². The number of methoxy groups -OCH3 is 1. The van der Waals surface area contributed by atoms with Crippen LogP contribution in [-0.4, -0.2) is 57.9 Å². The Labute approximate surface area is 215 Å². The Morgan fingerprint density at radius 3 is 2.65 bits per heavy atom. The van der Waals surface area contributed by atoms with Gasteiger partial charge in [0.2, 0.25) is 0 Å². The fraction of sp³-hybridized carbons (Fsp3) is 0.207. The minimum Gasteiger partial charge on any atom is -0.383 e.